The molecule has 29 heavy (non-hydrogen) atoms. The van der Waals surface area contributed by atoms with Crippen molar-refractivity contribution in [1.29, 1.82) is 0 Å². The van der Waals surface area contributed by atoms with Crippen molar-refractivity contribution in [2.75, 3.05) is 0 Å². The minimum Gasteiger partial charge on any atom is -0.543 e. The average Bonchev–Trinajstić information content (AvgIpc) is 3.02. The summed E-state index contributed by atoms with van der Waals surface area (Å²) >= 11 is 0. The summed E-state index contributed by atoms with van der Waals surface area (Å²) in [6, 6.07) is 1.86. The van der Waals surface area contributed by atoms with E-state index in [1.165, 1.54) is 49.7 Å². The van der Waals surface area contributed by atoms with Crippen LogP contribution in [-0.4, -0.2) is 19.7 Å². The molecule has 0 amide bonds. The van der Waals surface area contributed by atoms with E-state index in [1.807, 2.05) is 6.07 Å². The predicted molar refractivity (Wildman–Crippen MR) is 121 cm³/mol. The number of rotatable bonds is 3. The van der Waals surface area contributed by atoms with Crippen LogP contribution < -0.4 is 4.43 Å². The van der Waals surface area contributed by atoms with E-state index in [-0.39, 0.29) is 10.8 Å². The van der Waals surface area contributed by atoms with Crippen molar-refractivity contribution >= 4 is 14.6 Å². The zero-order chi connectivity index (χ0) is 21.2. The third-order valence-electron chi connectivity index (χ3n) is 9.04. The van der Waals surface area contributed by atoms with Crippen molar-refractivity contribution in [3.05, 3.63) is 22.8 Å². The molecular weight excluding hydrogens is 376 g/mol. The summed E-state index contributed by atoms with van der Waals surface area (Å²) < 4.78 is 6.80. The zero-order valence-corrected chi connectivity index (χ0v) is 20.1. The van der Waals surface area contributed by atoms with Gasteiger partial charge in [0.25, 0.3) is 8.32 Å². The molecule has 0 aromatic heterocycles. The van der Waals surface area contributed by atoms with Gasteiger partial charge in [-0.05, 0) is 91.5 Å². The molecule has 0 spiro atoms. The van der Waals surface area contributed by atoms with E-state index in [0.717, 1.165) is 24.4 Å². The summed E-state index contributed by atoms with van der Waals surface area (Å²) in [6.45, 7) is 13.6. The highest BCUT2D eigenvalue weighted by atomic mass is 28.4. The van der Waals surface area contributed by atoms with Crippen LogP contribution in [0.15, 0.2) is 6.07 Å². The standard InChI is InChI=1S/C25H38O3Si/c1-24(2,3)29(5,6)28-23-19(15-26)21(27)14-16-9-10-17-18(22(16)23)11-13-25(4)12-7-8-20(17)25/h14-15,17-18,20,27H,7-13H2,1-6H3/t17-,18+,20+,25+/m1/s1. The van der Waals surface area contributed by atoms with E-state index < -0.39 is 8.32 Å². The Balaban J connectivity index is 1.83. The zero-order valence-electron chi connectivity index (χ0n) is 19.1. The highest BCUT2D eigenvalue weighted by molar-refractivity contribution is 6.74. The van der Waals surface area contributed by atoms with E-state index in [0.29, 0.717) is 22.8 Å². The largest absolute Gasteiger partial charge is 0.543 e. The van der Waals surface area contributed by atoms with Gasteiger partial charge in [-0.1, -0.05) is 34.1 Å². The summed E-state index contributed by atoms with van der Waals surface area (Å²) in [7, 11) is -2.14. The summed E-state index contributed by atoms with van der Waals surface area (Å²) in [5.74, 6) is 2.76. The van der Waals surface area contributed by atoms with E-state index in [4.69, 9.17) is 4.43 Å². The lowest BCUT2D eigenvalue weighted by molar-refractivity contribution is 0.0591. The number of hydrogen-bond acceptors (Lipinski definition) is 3. The quantitative estimate of drug-likeness (QED) is 0.435. The first-order chi connectivity index (χ1) is 13.5. The van der Waals surface area contributed by atoms with Gasteiger partial charge in [0.1, 0.15) is 11.5 Å². The van der Waals surface area contributed by atoms with Gasteiger partial charge in [0, 0.05) is 5.56 Å². The van der Waals surface area contributed by atoms with E-state index in [1.54, 1.807) is 0 Å². The molecule has 3 aliphatic rings. The molecule has 1 aromatic carbocycles. The molecule has 0 bridgehead atoms. The maximum atomic E-state index is 12.0. The number of aromatic hydroxyl groups is 1. The number of benzene rings is 1. The number of phenolic OH excluding ortho intramolecular Hbond substituents is 1. The number of hydrogen-bond donors (Lipinski definition) is 1. The van der Waals surface area contributed by atoms with Gasteiger partial charge in [0.05, 0.1) is 5.56 Å². The second-order valence-electron chi connectivity index (χ2n) is 11.7. The fourth-order valence-corrected chi connectivity index (χ4v) is 7.37. The van der Waals surface area contributed by atoms with Crippen LogP contribution in [0, 0.1) is 17.3 Å². The minimum absolute atomic E-state index is 0.0379. The number of fused-ring (bicyclic) bond motifs is 5. The molecule has 1 N–H and O–H groups in total. The first-order valence-corrected chi connectivity index (χ1v) is 14.4. The number of aryl methyl sites for hydroxylation is 1. The molecule has 3 nitrogen and oxygen atoms in total. The highest BCUT2D eigenvalue weighted by Crippen LogP contribution is 2.62. The normalized spacial score (nSPS) is 31.6. The van der Waals surface area contributed by atoms with Gasteiger partial charge in [-0.15, -0.1) is 0 Å². The Bertz CT molecular complexity index is 822. The van der Waals surface area contributed by atoms with Crippen LogP contribution in [0.4, 0.5) is 0 Å². The minimum atomic E-state index is -2.14. The second kappa shape index (κ2) is 6.86. The van der Waals surface area contributed by atoms with Crippen LogP contribution in [0.25, 0.3) is 0 Å². The molecule has 4 atom stereocenters. The van der Waals surface area contributed by atoms with Crippen molar-refractivity contribution < 1.29 is 14.3 Å². The smallest absolute Gasteiger partial charge is 0.250 e. The van der Waals surface area contributed by atoms with Crippen LogP contribution in [0.3, 0.4) is 0 Å². The van der Waals surface area contributed by atoms with Crippen molar-refractivity contribution in [1.82, 2.24) is 0 Å². The highest BCUT2D eigenvalue weighted by Gasteiger charge is 2.51. The van der Waals surface area contributed by atoms with Crippen molar-refractivity contribution in [2.45, 2.75) is 96.7 Å². The first-order valence-electron chi connectivity index (χ1n) is 11.5. The third kappa shape index (κ3) is 3.26. The molecule has 2 fully saturated rings. The van der Waals surface area contributed by atoms with Crippen LogP contribution in [-0.2, 0) is 6.42 Å². The Morgan fingerprint density at radius 3 is 2.59 bits per heavy atom. The Labute approximate surface area is 177 Å². The second-order valence-corrected chi connectivity index (χ2v) is 16.4. The van der Waals surface area contributed by atoms with Crippen LogP contribution in [0.2, 0.25) is 18.1 Å². The summed E-state index contributed by atoms with van der Waals surface area (Å²) in [5, 5.41) is 10.7. The van der Waals surface area contributed by atoms with E-state index in [9.17, 15) is 9.90 Å². The van der Waals surface area contributed by atoms with E-state index >= 15 is 0 Å². The maximum absolute atomic E-state index is 12.0. The Morgan fingerprint density at radius 2 is 1.93 bits per heavy atom. The van der Waals surface area contributed by atoms with Gasteiger partial charge in [-0.2, -0.15) is 0 Å². The lowest BCUT2D eigenvalue weighted by Gasteiger charge is -2.50. The van der Waals surface area contributed by atoms with Crippen molar-refractivity contribution in [3.63, 3.8) is 0 Å². The lowest BCUT2D eigenvalue weighted by Crippen LogP contribution is -2.45. The Morgan fingerprint density at radius 1 is 1.21 bits per heavy atom. The molecule has 1 aromatic rings. The third-order valence-corrected chi connectivity index (χ3v) is 13.4. The maximum Gasteiger partial charge on any atom is 0.250 e. The van der Waals surface area contributed by atoms with Crippen LogP contribution in [0.5, 0.6) is 11.5 Å². The molecule has 0 radical (unpaired) electrons. The first kappa shape index (κ1) is 21.0. The fraction of sp³-hybridized carbons (Fsp3) is 0.720. The van der Waals surface area contributed by atoms with Crippen LogP contribution >= 0.6 is 0 Å². The molecule has 4 heteroatoms. The van der Waals surface area contributed by atoms with Gasteiger partial charge in [0.2, 0.25) is 0 Å². The summed E-state index contributed by atoms with van der Waals surface area (Å²) in [4.78, 5) is 12.0. The number of carbonyl (C=O) groups excluding carboxylic acids is 1. The van der Waals surface area contributed by atoms with Gasteiger partial charge >= 0.3 is 0 Å². The number of carbonyl (C=O) groups is 1. The Hall–Kier alpha value is -1.29. The summed E-state index contributed by atoms with van der Waals surface area (Å²) in [5.41, 5.74) is 3.35. The lowest BCUT2D eigenvalue weighted by atomic mass is 9.55. The van der Waals surface area contributed by atoms with Crippen molar-refractivity contribution in [3.8, 4) is 11.5 Å². The van der Waals surface area contributed by atoms with Gasteiger partial charge < -0.3 is 9.53 Å². The molecule has 4 rings (SSSR count). The van der Waals surface area contributed by atoms with Gasteiger partial charge in [-0.25, -0.2) is 0 Å². The van der Waals surface area contributed by atoms with Crippen LogP contribution in [0.1, 0.15) is 93.6 Å². The molecule has 2 saturated carbocycles. The molecule has 160 valence electrons. The molecular formula is C25H38O3Si. The number of aldehydes is 1. The average molecular weight is 415 g/mol. The molecule has 0 saturated heterocycles. The molecule has 0 aliphatic heterocycles. The monoisotopic (exact) mass is 414 g/mol. The van der Waals surface area contributed by atoms with Gasteiger partial charge in [0.15, 0.2) is 6.29 Å². The summed E-state index contributed by atoms with van der Waals surface area (Å²) in [6.07, 6.45) is 9.54. The van der Waals surface area contributed by atoms with E-state index in [2.05, 4.69) is 40.8 Å². The molecule has 0 unspecified atom stereocenters. The fourth-order valence-electron chi connectivity index (χ4n) is 6.34. The molecule has 3 aliphatic carbocycles. The predicted octanol–water partition coefficient (Wildman–Crippen LogP) is 6.83. The topological polar surface area (TPSA) is 46.5 Å². The Kier molecular flexibility index (Phi) is 4.96. The van der Waals surface area contributed by atoms with Gasteiger partial charge in [-0.3, -0.25) is 4.79 Å². The number of phenols is 1. The SMILES string of the molecule is CC(C)(C)[Si](C)(C)Oc1c(C=O)c(O)cc2c1[C@H]1CC[C@]3(C)CCC[C@H]3[C@@H]1CC2. The molecule has 0 heterocycles. The van der Waals surface area contributed by atoms with Crippen molar-refractivity contribution in [2.24, 2.45) is 17.3 Å².